The molecule has 0 heterocycles. The molecule has 0 atom stereocenters. The van der Waals surface area contributed by atoms with Crippen LogP contribution in [0.2, 0.25) is 0 Å². The zero-order chi connectivity index (χ0) is 7.68. The summed E-state index contributed by atoms with van der Waals surface area (Å²) < 4.78 is 0. The summed E-state index contributed by atoms with van der Waals surface area (Å²) in [5.41, 5.74) is 2.12. The van der Waals surface area contributed by atoms with Crippen molar-refractivity contribution in [1.29, 1.82) is 0 Å². The first kappa shape index (κ1) is 6.35. The van der Waals surface area contributed by atoms with Crippen LogP contribution in [0.5, 0.6) is 0 Å². The zero-order valence-electron chi connectivity index (χ0n) is 6.08. The number of hydrogen-bond donors (Lipinski definition) is 0. The molecule has 1 aliphatic rings. The summed E-state index contributed by atoms with van der Waals surface area (Å²) in [6.45, 7) is 0. The van der Waals surface area contributed by atoms with Gasteiger partial charge >= 0.3 is 0 Å². The summed E-state index contributed by atoms with van der Waals surface area (Å²) in [6, 6.07) is 7.30. The Bertz CT molecular complexity index is 364. The molecule has 54 valence electrons. The molecule has 0 aliphatic heterocycles. The smallest absolute Gasteiger partial charge is 0.186 e. The normalized spacial score (nSPS) is 13.1. The van der Waals surface area contributed by atoms with Crippen LogP contribution in [0.15, 0.2) is 35.1 Å². The van der Waals surface area contributed by atoms with Crippen molar-refractivity contribution in [2.45, 2.75) is 6.42 Å². The third-order valence-electron chi connectivity index (χ3n) is 1.89. The van der Waals surface area contributed by atoms with E-state index in [-0.39, 0.29) is 5.43 Å². The monoisotopic (exact) mass is 144 g/mol. The van der Waals surface area contributed by atoms with E-state index in [0.717, 1.165) is 17.5 Å². The molecule has 0 spiro atoms. The first-order valence-corrected chi connectivity index (χ1v) is 3.67. The van der Waals surface area contributed by atoms with Gasteiger partial charge in [0, 0.05) is 5.56 Å². The maximum atomic E-state index is 11.3. The van der Waals surface area contributed by atoms with Crippen LogP contribution in [0.25, 0.3) is 6.08 Å². The van der Waals surface area contributed by atoms with Crippen molar-refractivity contribution in [3.8, 4) is 0 Å². The van der Waals surface area contributed by atoms with E-state index >= 15 is 0 Å². The fourth-order valence-corrected chi connectivity index (χ4v) is 1.32. The Labute approximate surface area is 65.0 Å². The average Bonchev–Trinajstić information content (AvgIpc) is 2.40. The molecule has 0 radical (unpaired) electrons. The van der Waals surface area contributed by atoms with E-state index < -0.39 is 0 Å². The lowest BCUT2D eigenvalue weighted by Crippen LogP contribution is -1.99. The van der Waals surface area contributed by atoms with Crippen molar-refractivity contribution in [3.05, 3.63) is 51.7 Å². The second-order valence-electron chi connectivity index (χ2n) is 2.63. The molecule has 1 aromatic carbocycles. The van der Waals surface area contributed by atoms with Crippen molar-refractivity contribution in [2.24, 2.45) is 0 Å². The summed E-state index contributed by atoms with van der Waals surface area (Å²) in [7, 11) is 0. The van der Waals surface area contributed by atoms with Gasteiger partial charge in [-0.25, -0.2) is 0 Å². The summed E-state index contributed by atoms with van der Waals surface area (Å²) in [5.74, 6) is 0. The molecule has 0 fully saturated rings. The molecule has 1 aromatic rings. The van der Waals surface area contributed by atoms with Gasteiger partial charge in [0.1, 0.15) is 0 Å². The Morgan fingerprint density at radius 3 is 2.91 bits per heavy atom. The highest BCUT2D eigenvalue weighted by atomic mass is 16.1. The third-order valence-corrected chi connectivity index (χ3v) is 1.89. The molecule has 0 amide bonds. The molecule has 11 heavy (non-hydrogen) atoms. The van der Waals surface area contributed by atoms with E-state index in [2.05, 4.69) is 0 Å². The predicted molar refractivity (Wildman–Crippen MR) is 45.5 cm³/mol. The van der Waals surface area contributed by atoms with Gasteiger partial charge in [-0.2, -0.15) is 0 Å². The summed E-state index contributed by atoms with van der Waals surface area (Å²) in [5, 5.41) is 0. The minimum absolute atomic E-state index is 0.124. The molecule has 0 aromatic heterocycles. The van der Waals surface area contributed by atoms with Gasteiger partial charge in [-0.05, 0) is 18.1 Å². The highest BCUT2D eigenvalue weighted by Crippen LogP contribution is 2.13. The van der Waals surface area contributed by atoms with Crippen molar-refractivity contribution < 1.29 is 0 Å². The van der Waals surface area contributed by atoms with E-state index in [1.807, 2.05) is 24.3 Å². The number of fused-ring (bicyclic) bond motifs is 1. The first-order chi connectivity index (χ1) is 5.38. The van der Waals surface area contributed by atoms with Crippen LogP contribution in [-0.4, -0.2) is 0 Å². The fourth-order valence-electron chi connectivity index (χ4n) is 1.32. The van der Waals surface area contributed by atoms with Gasteiger partial charge in [-0.15, -0.1) is 0 Å². The van der Waals surface area contributed by atoms with Crippen molar-refractivity contribution >= 4 is 6.08 Å². The fraction of sp³-hybridized carbons (Fsp3) is 0.100. The lowest BCUT2D eigenvalue weighted by Gasteiger charge is -1.86. The van der Waals surface area contributed by atoms with Crippen molar-refractivity contribution in [2.75, 3.05) is 0 Å². The topological polar surface area (TPSA) is 17.1 Å². The van der Waals surface area contributed by atoms with Crippen molar-refractivity contribution in [1.82, 2.24) is 0 Å². The second kappa shape index (κ2) is 2.35. The first-order valence-electron chi connectivity index (χ1n) is 3.67. The third kappa shape index (κ3) is 0.984. The van der Waals surface area contributed by atoms with Gasteiger partial charge in [-0.3, -0.25) is 4.79 Å². The van der Waals surface area contributed by atoms with Crippen LogP contribution in [0, 0.1) is 0 Å². The molecule has 0 bridgehead atoms. The van der Waals surface area contributed by atoms with Crippen LogP contribution in [0.3, 0.4) is 0 Å². The van der Waals surface area contributed by atoms with Crippen molar-refractivity contribution in [3.63, 3.8) is 0 Å². The lowest BCUT2D eigenvalue weighted by molar-refractivity contribution is 1.32. The largest absolute Gasteiger partial charge is 0.289 e. The van der Waals surface area contributed by atoms with Gasteiger partial charge in [0.2, 0.25) is 0 Å². The number of hydrogen-bond acceptors (Lipinski definition) is 1. The summed E-state index contributed by atoms with van der Waals surface area (Å²) >= 11 is 0. The molecular formula is C10H8O. The van der Waals surface area contributed by atoms with E-state index in [9.17, 15) is 4.79 Å². The van der Waals surface area contributed by atoms with Gasteiger partial charge in [0.05, 0.1) is 0 Å². The van der Waals surface area contributed by atoms with Gasteiger partial charge in [0.25, 0.3) is 0 Å². The van der Waals surface area contributed by atoms with E-state index in [4.69, 9.17) is 0 Å². The highest BCUT2D eigenvalue weighted by molar-refractivity contribution is 5.58. The van der Waals surface area contributed by atoms with E-state index in [0.29, 0.717) is 0 Å². The Morgan fingerprint density at radius 1 is 1.18 bits per heavy atom. The number of allylic oxidation sites excluding steroid dienone is 1. The van der Waals surface area contributed by atoms with Crippen LogP contribution < -0.4 is 5.43 Å². The Hall–Kier alpha value is -1.37. The minimum atomic E-state index is 0.124. The Balaban J connectivity index is 2.83. The Kier molecular flexibility index (Phi) is 1.35. The number of rotatable bonds is 0. The molecule has 1 aliphatic carbocycles. The zero-order valence-corrected chi connectivity index (χ0v) is 6.08. The maximum Gasteiger partial charge on any atom is 0.186 e. The van der Waals surface area contributed by atoms with E-state index in [1.165, 1.54) is 0 Å². The standard InChI is InChI=1S/C10H8O/c11-10-7-2-1-4-8-5-3-6-9(8)10/h1-4,6-7H,5H2. The van der Waals surface area contributed by atoms with Crippen LogP contribution in [0.1, 0.15) is 11.1 Å². The molecule has 1 heteroatoms. The molecule has 2 rings (SSSR count). The van der Waals surface area contributed by atoms with Crippen LogP contribution in [0.4, 0.5) is 0 Å². The quantitative estimate of drug-likeness (QED) is 0.540. The highest BCUT2D eigenvalue weighted by Gasteiger charge is 2.04. The summed E-state index contributed by atoms with van der Waals surface area (Å²) in [4.78, 5) is 11.3. The van der Waals surface area contributed by atoms with Crippen LogP contribution in [-0.2, 0) is 6.42 Å². The molecule has 1 nitrogen and oxygen atoms in total. The molecular weight excluding hydrogens is 136 g/mol. The van der Waals surface area contributed by atoms with Gasteiger partial charge < -0.3 is 0 Å². The molecule has 0 unspecified atom stereocenters. The minimum Gasteiger partial charge on any atom is -0.289 e. The van der Waals surface area contributed by atoms with E-state index in [1.54, 1.807) is 12.1 Å². The van der Waals surface area contributed by atoms with Crippen LogP contribution >= 0.6 is 0 Å². The average molecular weight is 144 g/mol. The van der Waals surface area contributed by atoms with Gasteiger partial charge in [0.15, 0.2) is 5.43 Å². The molecule has 0 saturated heterocycles. The maximum absolute atomic E-state index is 11.3. The molecule has 0 saturated carbocycles. The SMILES string of the molecule is O=c1ccccc2c1C=CC2. The second-order valence-corrected chi connectivity index (χ2v) is 2.63. The molecule has 0 N–H and O–H groups in total. The lowest BCUT2D eigenvalue weighted by atomic mass is 10.2. The predicted octanol–water partition coefficient (Wildman–Crippen LogP) is 1.62. The summed E-state index contributed by atoms with van der Waals surface area (Å²) in [6.07, 6.45) is 4.82. The van der Waals surface area contributed by atoms with Gasteiger partial charge in [-0.1, -0.05) is 30.4 Å². The Morgan fingerprint density at radius 2 is 2.00 bits per heavy atom.